The Morgan fingerprint density at radius 3 is 1.93 bits per heavy atom. The second kappa shape index (κ2) is 8.73. The van der Waals surface area contributed by atoms with E-state index >= 15 is 0 Å². The predicted molar refractivity (Wildman–Crippen MR) is 106 cm³/mol. The van der Waals surface area contributed by atoms with Gasteiger partial charge in [0.25, 0.3) is 0 Å². The van der Waals surface area contributed by atoms with Crippen LogP contribution in [0.2, 0.25) is 0 Å². The van der Waals surface area contributed by atoms with E-state index in [0.29, 0.717) is 24.0 Å². The zero-order valence-corrected chi connectivity index (χ0v) is 17.5. The normalized spacial score (nSPS) is 31.0. The second-order valence-corrected chi connectivity index (χ2v) is 9.70. The van der Waals surface area contributed by atoms with Gasteiger partial charge in [-0.2, -0.15) is 0 Å². The van der Waals surface area contributed by atoms with Crippen LogP contribution in [0.3, 0.4) is 0 Å². The van der Waals surface area contributed by atoms with Crippen LogP contribution in [0, 0.1) is 23.7 Å². The number of nitrogens with one attached hydrogen (secondary N) is 3. The Morgan fingerprint density at radius 2 is 1.50 bits per heavy atom. The maximum Gasteiger partial charge on any atom is 0.309 e. The molecule has 2 unspecified atom stereocenters. The van der Waals surface area contributed by atoms with E-state index in [1.54, 1.807) is 13.8 Å². The highest BCUT2D eigenvalue weighted by molar-refractivity contribution is 6.35. The minimum absolute atomic E-state index is 0.317. The fourth-order valence-electron chi connectivity index (χ4n) is 5.90. The van der Waals surface area contributed by atoms with Crippen LogP contribution in [0.5, 0.6) is 0 Å². The van der Waals surface area contributed by atoms with Gasteiger partial charge in [0.15, 0.2) is 0 Å². The summed E-state index contributed by atoms with van der Waals surface area (Å²) >= 11 is 0. The molecular weight excluding hydrogens is 390 g/mol. The Labute approximate surface area is 175 Å². The number of carbonyl (C=O) groups is 5. The molecule has 0 heterocycles. The molecule has 0 aromatic heterocycles. The highest BCUT2D eigenvalue weighted by Gasteiger charge is 2.52. The van der Waals surface area contributed by atoms with Gasteiger partial charge >= 0.3 is 17.8 Å². The van der Waals surface area contributed by atoms with Crippen molar-refractivity contribution in [2.75, 3.05) is 0 Å². The van der Waals surface area contributed by atoms with E-state index in [1.807, 2.05) is 0 Å². The summed E-state index contributed by atoms with van der Waals surface area (Å²) in [5.41, 5.74) is -0.317. The Balaban J connectivity index is 1.59. The minimum Gasteiger partial charge on any atom is -0.481 e. The van der Waals surface area contributed by atoms with Gasteiger partial charge in [0, 0.05) is 5.54 Å². The van der Waals surface area contributed by atoms with Crippen molar-refractivity contribution in [3.63, 3.8) is 0 Å². The molecule has 9 nitrogen and oxygen atoms in total. The van der Waals surface area contributed by atoms with E-state index in [1.165, 1.54) is 19.3 Å². The molecular formula is C21H31N3O6. The third-order valence-corrected chi connectivity index (χ3v) is 6.75. The maximum atomic E-state index is 12.6. The first-order valence-electron chi connectivity index (χ1n) is 10.7. The molecule has 0 radical (unpaired) electrons. The number of rotatable bonds is 8. The topological polar surface area (TPSA) is 142 Å². The van der Waals surface area contributed by atoms with Crippen molar-refractivity contribution in [2.45, 2.75) is 76.4 Å². The summed E-state index contributed by atoms with van der Waals surface area (Å²) in [6.07, 6.45) is 6.14. The third kappa shape index (κ3) is 4.99. The van der Waals surface area contributed by atoms with E-state index < -0.39 is 42.2 Å². The lowest BCUT2D eigenvalue weighted by Gasteiger charge is -2.56. The molecule has 4 aliphatic carbocycles. The van der Waals surface area contributed by atoms with Crippen LogP contribution in [0.1, 0.15) is 58.8 Å². The van der Waals surface area contributed by atoms with Gasteiger partial charge in [0.1, 0.15) is 12.3 Å². The number of carboxylic acid groups (broad SMARTS) is 1. The molecule has 4 rings (SSSR count). The molecule has 4 bridgehead atoms. The van der Waals surface area contributed by atoms with Gasteiger partial charge in [0.2, 0.25) is 5.91 Å². The SMILES string of the molecule is CC(C)C(NC(=O)C(=O)NC12CC3CC(CC(C3)C1)C2)C(=O)NC(C=O)CC(=O)O. The van der Waals surface area contributed by atoms with Crippen LogP contribution in [0.4, 0.5) is 0 Å². The molecule has 4 fully saturated rings. The summed E-state index contributed by atoms with van der Waals surface area (Å²) in [4.78, 5) is 59.5. The van der Waals surface area contributed by atoms with Gasteiger partial charge in [-0.3, -0.25) is 19.2 Å². The highest BCUT2D eigenvalue weighted by atomic mass is 16.4. The van der Waals surface area contributed by atoms with Crippen molar-refractivity contribution < 1.29 is 29.1 Å². The second-order valence-electron chi connectivity index (χ2n) is 9.70. The summed E-state index contributed by atoms with van der Waals surface area (Å²) in [7, 11) is 0. The zero-order chi connectivity index (χ0) is 22.1. The first kappa shape index (κ1) is 22.2. The lowest BCUT2D eigenvalue weighted by molar-refractivity contribution is -0.144. The van der Waals surface area contributed by atoms with E-state index in [4.69, 9.17) is 5.11 Å². The molecule has 9 heteroatoms. The largest absolute Gasteiger partial charge is 0.481 e. The summed E-state index contributed by atoms with van der Waals surface area (Å²) in [6.45, 7) is 3.38. The lowest BCUT2D eigenvalue weighted by Crippen LogP contribution is -2.63. The number of carbonyl (C=O) groups excluding carboxylic acids is 4. The van der Waals surface area contributed by atoms with Crippen LogP contribution < -0.4 is 16.0 Å². The molecule has 166 valence electrons. The molecule has 3 amide bonds. The molecule has 4 N–H and O–H groups in total. The van der Waals surface area contributed by atoms with Crippen LogP contribution in [-0.4, -0.2) is 52.7 Å². The monoisotopic (exact) mass is 421 g/mol. The highest BCUT2D eigenvalue weighted by Crippen LogP contribution is 2.55. The Morgan fingerprint density at radius 1 is 0.967 bits per heavy atom. The fraction of sp³-hybridized carbons (Fsp3) is 0.762. The Hall–Kier alpha value is -2.45. The molecule has 0 saturated heterocycles. The van der Waals surface area contributed by atoms with Gasteiger partial charge in [-0.15, -0.1) is 0 Å². The summed E-state index contributed by atoms with van der Waals surface area (Å²) in [5.74, 6) is -2.08. The van der Waals surface area contributed by atoms with Crippen LogP contribution in [0.15, 0.2) is 0 Å². The van der Waals surface area contributed by atoms with Crippen molar-refractivity contribution in [1.29, 1.82) is 0 Å². The lowest BCUT2D eigenvalue weighted by atomic mass is 9.53. The molecule has 0 aliphatic heterocycles. The van der Waals surface area contributed by atoms with Crippen molar-refractivity contribution in [1.82, 2.24) is 16.0 Å². The molecule has 30 heavy (non-hydrogen) atoms. The smallest absolute Gasteiger partial charge is 0.309 e. The number of carboxylic acids is 1. The fourth-order valence-corrected chi connectivity index (χ4v) is 5.90. The molecule has 2 atom stereocenters. The van der Waals surface area contributed by atoms with Crippen LogP contribution >= 0.6 is 0 Å². The average molecular weight is 421 g/mol. The molecule has 0 aromatic rings. The summed E-state index contributed by atoms with van der Waals surface area (Å²) < 4.78 is 0. The zero-order valence-electron chi connectivity index (χ0n) is 17.5. The van der Waals surface area contributed by atoms with Crippen molar-refractivity contribution >= 4 is 30.0 Å². The van der Waals surface area contributed by atoms with E-state index in [-0.39, 0.29) is 11.5 Å². The van der Waals surface area contributed by atoms with Crippen molar-refractivity contribution in [3.05, 3.63) is 0 Å². The summed E-state index contributed by atoms with van der Waals surface area (Å²) in [5, 5.41) is 16.5. The van der Waals surface area contributed by atoms with Gasteiger partial charge in [-0.1, -0.05) is 13.8 Å². The number of aldehydes is 1. The van der Waals surface area contributed by atoms with Gasteiger partial charge in [-0.25, -0.2) is 0 Å². The van der Waals surface area contributed by atoms with Gasteiger partial charge in [-0.05, 0) is 62.2 Å². The molecule has 0 spiro atoms. The molecule has 0 aromatic carbocycles. The number of hydrogen-bond donors (Lipinski definition) is 4. The number of hydrogen-bond acceptors (Lipinski definition) is 5. The molecule has 4 aliphatic rings. The minimum atomic E-state index is -1.23. The van der Waals surface area contributed by atoms with E-state index in [9.17, 15) is 24.0 Å². The Kier molecular flexibility index (Phi) is 6.47. The van der Waals surface area contributed by atoms with Crippen molar-refractivity contribution in [2.24, 2.45) is 23.7 Å². The van der Waals surface area contributed by atoms with E-state index in [2.05, 4.69) is 16.0 Å². The van der Waals surface area contributed by atoms with Gasteiger partial charge in [0.05, 0.1) is 12.5 Å². The molecule has 4 saturated carbocycles. The number of aliphatic carboxylic acids is 1. The van der Waals surface area contributed by atoms with E-state index in [0.717, 1.165) is 19.3 Å². The quantitative estimate of drug-likeness (QED) is 0.330. The first-order chi connectivity index (χ1) is 14.1. The van der Waals surface area contributed by atoms with Crippen LogP contribution in [0.25, 0.3) is 0 Å². The number of amides is 3. The predicted octanol–water partition coefficient (Wildman–Crippen LogP) is 0.371. The van der Waals surface area contributed by atoms with Crippen molar-refractivity contribution in [3.8, 4) is 0 Å². The maximum absolute atomic E-state index is 12.6. The summed E-state index contributed by atoms with van der Waals surface area (Å²) in [6, 6.07) is -2.26. The Bertz CT molecular complexity index is 699. The first-order valence-corrected chi connectivity index (χ1v) is 10.7. The van der Waals surface area contributed by atoms with Crippen LogP contribution in [-0.2, 0) is 24.0 Å². The standard InChI is InChI=1S/C21H31N3O6/c1-11(2)17(18(28)22-15(10-25)6-16(26)27)23-19(29)20(30)24-21-7-12-3-13(8-21)5-14(4-12)9-21/h10-15,17H,3-9H2,1-2H3,(H,22,28)(H,23,29)(H,24,30)(H,26,27). The average Bonchev–Trinajstić information content (AvgIpc) is 2.62. The third-order valence-electron chi connectivity index (χ3n) is 6.75. The van der Waals surface area contributed by atoms with Gasteiger partial charge < -0.3 is 25.9 Å².